The molecule has 0 radical (unpaired) electrons. The number of fused-ring (bicyclic) bond motifs is 1. The number of hydrogen-bond donors (Lipinski definition) is 2. The summed E-state index contributed by atoms with van der Waals surface area (Å²) in [4.78, 5) is 40.5. The molecule has 0 unspecified atom stereocenters. The number of carbonyl (C=O) groups is 3. The van der Waals surface area contributed by atoms with Crippen molar-refractivity contribution in [2.75, 3.05) is 13.2 Å². The average molecular weight is 492 g/mol. The lowest BCUT2D eigenvalue weighted by atomic mass is 10.1. The van der Waals surface area contributed by atoms with Crippen molar-refractivity contribution < 1.29 is 24.3 Å². The first-order valence-electron chi connectivity index (χ1n) is 11.3. The first-order valence-corrected chi connectivity index (χ1v) is 12.2. The van der Waals surface area contributed by atoms with Crippen molar-refractivity contribution in [2.24, 2.45) is 5.16 Å². The van der Waals surface area contributed by atoms with Crippen LogP contribution < -0.4 is 10.1 Å². The monoisotopic (exact) mass is 491 g/mol. The van der Waals surface area contributed by atoms with Crippen LogP contribution in [0.4, 0.5) is 0 Å². The predicted molar refractivity (Wildman–Crippen MR) is 132 cm³/mol. The number of nitrogens with zero attached hydrogens (tertiary/aromatic N) is 2. The molecule has 35 heavy (non-hydrogen) atoms. The molecule has 0 bridgehead atoms. The topological polar surface area (TPSA) is 108 Å². The zero-order valence-electron chi connectivity index (χ0n) is 19.2. The van der Waals surface area contributed by atoms with Crippen LogP contribution in [-0.2, 0) is 6.54 Å². The highest BCUT2D eigenvalue weighted by Crippen LogP contribution is 2.26. The fourth-order valence-electron chi connectivity index (χ4n) is 3.92. The van der Waals surface area contributed by atoms with Crippen LogP contribution in [-0.4, -0.2) is 46.7 Å². The van der Waals surface area contributed by atoms with Gasteiger partial charge in [0.2, 0.25) is 0 Å². The van der Waals surface area contributed by atoms with Crippen LogP contribution in [0.2, 0.25) is 0 Å². The molecular formula is C26H25N3O5S. The molecule has 0 aliphatic carbocycles. The lowest BCUT2D eigenvalue weighted by molar-refractivity contribution is 0.0642. The van der Waals surface area contributed by atoms with Gasteiger partial charge >= 0.3 is 0 Å². The second-order valence-corrected chi connectivity index (χ2v) is 8.84. The summed E-state index contributed by atoms with van der Waals surface area (Å²) in [5.74, 6) is -0.598. The molecule has 3 amide bonds. The van der Waals surface area contributed by atoms with Crippen molar-refractivity contribution >= 4 is 34.8 Å². The van der Waals surface area contributed by atoms with E-state index < -0.39 is 0 Å². The zero-order chi connectivity index (χ0) is 24.8. The highest BCUT2D eigenvalue weighted by molar-refractivity contribution is 7.12. The number of carbonyl (C=O) groups excluding carboxylic acids is 3. The van der Waals surface area contributed by atoms with Crippen LogP contribution in [0, 0.1) is 0 Å². The van der Waals surface area contributed by atoms with Gasteiger partial charge in [0.25, 0.3) is 17.7 Å². The Labute approximate surface area is 206 Å². The van der Waals surface area contributed by atoms with Crippen LogP contribution in [0.3, 0.4) is 0 Å². The number of ether oxygens (including phenoxy) is 1. The number of hydrogen-bond acceptors (Lipinski definition) is 7. The fraction of sp³-hybridized carbons (Fsp3) is 0.231. The molecule has 2 aromatic carbocycles. The van der Waals surface area contributed by atoms with Crippen molar-refractivity contribution in [3.05, 3.63) is 87.1 Å². The molecule has 2 heterocycles. The maximum atomic E-state index is 13.0. The number of imide groups is 1. The van der Waals surface area contributed by atoms with Crippen LogP contribution in [0.15, 0.2) is 65.1 Å². The molecule has 0 saturated heterocycles. The molecule has 1 aromatic heterocycles. The first kappa shape index (κ1) is 24.2. The van der Waals surface area contributed by atoms with Crippen molar-refractivity contribution in [1.82, 2.24) is 10.2 Å². The Morgan fingerprint density at radius 2 is 1.83 bits per heavy atom. The van der Waals surface area contributed by atoms with Gasteiger partial charge in [0, 0.05) is 6.54 Å². The smallest absolute Gasteiger partial charge is 0.261 e. The molecule has 0 saturated carbocycles. The van der Waals surface area contributed by atoms with Gasteiger partial charge in [-0.2, -0.15) is 0 Å². The van der Waals surface area contributed by atoms with Gasteiger partial charge in [-0.1, -0.05) is 29.4 Å². The molecule has 180 valence electrons. The Bertz CT molecular complexity index is 1230. The molecule has 1 aliphatic rings. The van der Waals surface area contributed by atoms with Crippen molar-refractivity contribution in [1.29, 1.82) is 0 Å². The van der Waals surface area contributed by atoms with Crippen LogP contribution in [0.25, 0.3) is 0 Å². The summed E-state index contributed by atoms with van der Waals surface area (Å²) < 4.78 is 5.63. The van der Waals surface area contributed by atoms with E-state index in [1.54, 1.807) is 42.5 Å². The number of benzene rings is 2. The average Bonchev–Trinajstić information content (AvgIpc) is 3.49. The summed E-state index contributed by atoms with van der Waals surface area (Å²) in [6.45, 7) is 2.64. The Hall–Kier alpha value is -3.98. The van der Waals surface area contributed by atoms with Crippen LogP contribution in [0.1, 0.15) is 61.3 Å². The molecule has 2 N–H and O–H groups in total. The Kier molecular flexibility index (Phi) is 7.57. The highest BCUT2D eigenvalue weighted by atomic mass is 32.1. The standard InChI is InChI=1S/C26H25N3O5S/c1-2-34-22-12-11-17(16-29-25(31)18-7-3-4-8-19(18)26(29)32)15-20(22)24(30)27-13-5-9-21(28-33)23-10-6-14-35-23/h3-4,6-8,10-12,14-15,33H,2,5,9,13,16H2,1H3,(H,27,30)/b28-21-. The normalized spacial score (nSPS) is 13.2. The first-order chi connectivity index (χ1) is 17.0. The van der Waals surface area contributed by atoms with E-state index in [0.29, 0.717) is 59.7 Å². The minimum Gasteiger partial charge on any atom is -0.493 e. The van der Waals surface area contributed by atoms with Gasteiger partial charge in [-0.15, -0.1) is 11.3 Å². The van der Waals surface area contributed by atoms with Crippen LogP contribution >= 0.6 is 11.3 Å². The summed E-state index contributed by atoms with van der Waals surface area (Å²) in [6.07, 6.45) is 1.09. The van der Waals surface area contributed by atoms with Gasteiger partial charge in [0.15, 0.2) is 0 Å². The van der Waals surface area contributed by atoms with Gasteiger partial charge in [-0.05, 0) is 61.0 Å². The Morgan fingerprint density at radius 3 is 2.46 bits per heavy atom. The SMILES string of the molecule is CCOc1ccc(CN2C(=O)c3ccccc3C2=O)cc1C(=O)NCCC/C(=N/O)c1cccs1. The fourth-order valence-corrected chi connectivity index (χ4v) is 4.66. The molecule has 9 heteroatoms. The van der Waals surface area contributed by atoms with Gasteiger partial charge in [-0.25, -0.2) is 0 Å². The largest absolute Gasteiger partial charge is 0.493 e. The molecule has 0 fully saturated rings. The maximum Gasteiger partial charge on any atom is 0.261 e. The number of oxime groups is 1. The molecule has 3 aromatic rings. The lowest BCUT2D eigenvalue weighted by Crippen LogP contribution is -2.29. The summed E-state index contributed by atoms with van der Waals surface area (Å²) in [5.41, 5.74) is 2.31. The van der Waals surface area contributed by atoms with E-state index in [1.165, 1.54) is 16.2 Å². The maximum absolute atomic E-state index is 13.0. The van der Waals surface area contributed by atoms with Gasteiger partial charge in [0.1, 0.15) is 5.75 Å². The van der Waals surface area contributed by atoms with Gasteiger partial charge < -0.3 is 15.3 Å². The number of rotatable bonds is 10. The molecular weight excluding hydrogens is 466 g/mol. The third-order valence-electron chi connectivity index (χ3n) is 5.61. The minimum absolute atomic E-state index is 0.0518. The Morgan fingerprint density at radius 1 is 1.09 bits per heavy atom. The number of thiophene rings is 1. The minimum atomic E-state index is -0.349. The lowest BCUT2D eigenvalue weighted by Gasteiger charge is -2.16. The molecule has 1 aliphatic heterocycles. The summed E-state index contributed by atoms with van der Waals surface area (Å²) in [7, 11) is 0. The summed E-state index contributed by atoms with van der Waals surface area (Å²) in [6, 6.07) is 15.6. The highest BCUT2D eigenvalue weighted by Gasteiger charge is 2.35. The molecule has 0 atom stereocenters. The van der Waals surface area contributed by atoms with Gasteiger partial charge in [0.05, 0.1) is 40.4 Å². The predicted octanol–water partition coefficient (Wildman–Crippen LogP) is 4.33. The van der Waals surface area contributed by atoms with E-state index in [-0.39, 0.29) is 24.3 Å². The molecule has 8 nitrogen and oxygen atoms in total. The number of nitrogens with one attached hydrogen (secondary N) is 1. The van der Waals surface area contributed by atoms with Gasteiger partial charge in [-0.3, -0.25) is 19.3 Å². The van der Waals surface area contributed by atoms with E-state index in [0.717, 1.165) is 4.88 Å². The second-order valence-electron chi connectivity index (χ2n) is 7.89. The number of amides is 3. The van der Waals surface area contributed by atoms with E-state index in [4.69, 9.17) is 4.74 Å². The zero-order valence-corrected chi connectivity index (χ0v) is 20.0. The third-order valence-corrected chi connectivity index (χ3v) is 6.53. The van der Waals surface area contributed by atoms with E-state index >= 15 is 0 Å². The molecule has 0 spiro atoms. The Balaban J connectivity index is 1.43. The van der Waals surface area contributed by atoms with Crippen molar-refractivity contribution in [3.8, 4) is 5.75 Å². The van der Waals surface area contributed by atoms with E-state index in [2.05, 4.69) is 10.5 Å². The van der Waals surface area contributed by atoms with E-state index in [9.17, 15) is 19.6 Å². The quantitative estimate of drug-likeness (QED) is 0.144. The summed E-state index contributed by atoms with van der Waals surface area (Å²) in [5, 5.41) is 17.4. The van der Waals surface area contributed by atoms with Crippen molar-refractivity contribution in [3.63, 3.8) is 0 Å². The van der Waals surface area contributed by atoms with Crippen molar-refractivity contribution in [2.45, 2.75) is 26.3 Å². The summed E-state index contributed by atoms with van der Waals surface area (Å²) >= 11 is 1.49. The van der Waals surface area contributed by atoms with E-state index in [1.807, 2.05) is 24.4 Å². The van der Waals surface area contributed by atoms with Crippen LogP contribution in [0.5, 0.6) is 5.75 Å². The third kappa shape index (κ3) is 5.25. The second kappa shape index (κ2) is 11.0. The molecule has 4 rings (SSSR count).